The molecule has 0 amide bonds. The Morgan fingerprint density at radius 3 is 1.89 bits per heavy atom. The van der Waals surface area contributed by atoms with Gasteiger partial charge in [-0.2, -0.15) is 25.3 Å². The molecule has 0 unspecified atom stereocenters. The van der Waals surface area contributed by atoms with E-state index in [9.17, 15) is 0 Å². The predicted molar refractivity (Wildman–Crippen MR) is 85.9 cm³/mol. The lowest BCUT2D eigenvalue weighted by Gasteiger charge is -2.28. The second kappa shape index (κ2) is 12.8. The summed E-state index contributed by atoms with van der Waals surface area (Å²) in [6.07, 6.45) is 4.32. The highest BCUT2D eigenvalue weighted by molar-refractivity contribution is 7.80. The fourth-order valence-electron chi connectivity index (χ4n) is 1.70. The summed E-state index contributed by atoms with van der Waals surface area (Å²) in [7, 11) is -2.44. The van der Waals surface area contributed by atoms with Crippen molar-refractivity contribution in [2.45, 2.75) is 45.6 Å². The molecule has 0 bridgehead atoms. The van der Waals surface area contributed by atoms with E-state index in [-0.39, 0.29) is 0 Å². The van der Waals surface area contributed by atoms with Gasteiger partial charge in [-0.3, -0.25) is 0 Å². The Balaban J connectivity index is 4.14. The maximum atomic E-state index is 5.99. The lowest BCUT2D eigenvalue weighted by atomic mass is 10.3. The van der Waals surface area contributed by atoms with E-state index in [4.69, 9.17) is 13.3 Å². The van der Waals surface area contributed by atoms with Gasteiger partial charge in [-0.25, -0.2) is 0 Å². The first kappa shape index (κ1) is 18.8. The van der Waals surface area contributed by atoms with Crippen LogP contribution < -0.4 is 0 Å². The fraction of sp³-hybridized carbons (Fsp3) is 1.00. The molecular formula is C12H28O3S2Si. The molecule has 0 aromatic heterocycles. The second-order valence-corrected chi connectivity index (χ2v) is 7.64. The molecule has 0 saturated carbocycles. The van der Waals surface area contributed by atoms with Gasteiger partial charge in [0.15, 0.2) is 0 Å². The van der Waals surface area contributed by atoms with Crippen LogP contribution in [0.25, 0.3) is 0 Å². The molecule has 0 saturated heterocycles. The summed E-state index contributed by atoms with van der Waals surface area (Å²) in [5, 5.41) is 0. The molecule has 0 atom stereocenters. The molecule has 0 radical (unpaired) electrons. The van der Waals surface area contributed by atoms with Crippen LogP contribution in [0.3, 0.4) is 0 Å². The first-order valence-corrected chi connectivity index (χ1v) is 10.1. The minimum absolute atomic E-state index is 0.648. The standard InChI is InChI=1S/C12H28O3S2Si/c1-3-13-18(14-4-2,12-8-11-17)15-9-6-5-7-10-16/h16-17H,3-12H2,1-2H3. The van der Waals surface area contributed by atoms with Crippen molar-refractivity contribution < 1.29 is 13.3 Å². The summed E-state index contributed by atoms with van der Waals surface area (Å²) >= 11 is 8.46. The molecule has 0 N–H and O–H groups in total. The molecule has 0 aromatic carbocycles. The van der Waals surface area contributed by atoms with Gasteiger partial charge in [0.25, 0.3) is 0 Å². The highest BCUT2D eigenvalue weighted by Gasteiger charge is 2.39. The van der Waals surface area contributed by atoms with Crippen LogP contribution in [0.1, 0.15) is 39.5 Å². The third-order valence-corrected chi connectivity index (χ3v) is 6.19. The third kappa shape index (κ3) is 8.82. The van der Waals surface area contributed by atoms with Gasteiger partial charge in [0, 0.05) is 25.9 Å². The molecule has 0 aromatic rings. The van der Waals surface area contributed by atoms with Gasteiger partial charge in [-0.05, 0) is 44.6 Å². The van der Waals surface area contributed by atoms with Crippen LogP contribution >= 0.6 is 25.3 Å². The van der Waals surface area contributed by atoms with Gasteiger partial charge >= 0.3 is 8.80 Å². The molecule has 110 valence electrons. The Morgan fingerprint density at radius 2 is 1.39 bits per heavy atom. The van der Waals surface area contributed by atoms with E-state index in [0.717, 1.165) is 49.8 Å². The zero-order valence-corrected chi connectivity index (χ0v) is 14.5. The third-order valence-electron chi connectivity index (χ3n) is 2.49. The summed E-state index contributed by atoms with van der Waals surface area (Å²) in [4.78, 5) is 0. The Bertz CT molecular complexity index is 179. The minimum Gasteiger partial charge on any atom is -0.374 e. The Hall–Kier alpha value is 0.797. The predicted octanol–water partition coefficient (Wildman–Crippen LogP) is 3.43. The summed E-state index contributed by atoms with van der Waals surface area (Å²) in [6.45, 7) is 6.01. The molecule has 0 aliphatic heterocycles. The summed E-state index contributed by atoms with van der Waals surface area (Å²) in [5.41, 5.74) is 0. The summed E-state index contributed by atoms with van der Waals surface area (Å²) in [6, 6.07) is 0.866. The molecule has 0 heterocycles. The van der Waals surface area contributed by atoms with Crippen molar-refractivity contribution in [3.63, 3.8) is 0 Å². The minimum atomic E-state index is -2.44. The molecule has 0 spiro atoms. The van der Waals surface area contributed by atoms with Crippen molar-refractivity contribution in [1.82, 2.24) is 0 Å². The van der Waals surface area contributed by atoms with Gasteiger partial charge in [-0.15, -0.1) is 0 Å². The SMILES string of the molecule is CCO[Si](CCCS)(OCC)OCCCCCS. The van der Waals surface area contributed by atoms with E-state index in [2.05, 4.69) is 25.3 Å². The highest BCUT2D eigenvalue weighted by atomic mass is 32.1. The zero-order chi connectivity index (χ0) is 13.7. The van der Waals surface area contributed by atoms with Crippen LogP contribution in [-0.2, 0) is 13.3 Å². The van der Waals surface area contributed by atoms with Crippen molar-refractivity contribution in [3.05, 3.63) is 0 Å². The maximum Gasteiger partial charge on any atom is 0.500 e. The molecule has 18 heavy (non-hydrogen) atoms. The molecular weight excluding hydrogens is 284 g/mol. The monoisotopic (exact) mass is 312 g/mol. The van der Waals surface area contributed by atoms with E-state index in [1.54, 1.807) is 0 Å². The van der Waals surface area contributed by atoms with Crippen LogP contribution in [0.5, 0.6) is 0 Å². The molecule has 0 aliphatic carbocycles. The average Bonchev–Trinajstić information content (AvgIpc) is 2.37. The number of rotatable bonds is 13. The van der Waals surface area contributed by atoms with Crippen molar-refractivity contribution in [3.8, 4) is 0 Å². The van der Waals surface area contributed by atoms with E-state index in [0.29, 0.717) is 13.2 Å². The van der Waals surface area contributed by atoms with Gasteiger partial charge in [0.05, 0.1) is 0 Å². The van der Waals surface area contributed by atoms with E-state index in [1.807, 2.05) is 13.8 Å². The topological polar surface area (TPSA) is 27.7 Å². The quantitative estimate of drug-likeness (QED) is 0.310. The molecule has 6 heteroatoms. The summed E-state index contributed by atoms with van der Waals surface area (Å²) < 4.78 is 17.6. The van der Waals surface area contributed by atoms with Crippen molar-refractivity contribution in [1.29, 1.82) is 0 Å². The van der Waals surface area contributed by atoms with E-state index in [1.165, 1.54) is 0 Å². The molecule has 0 aliphatic rings. The normalized spacial score (nSPS) is 12.0. The zero-order valence-electron chi connectivity index (χ0n) is 11.7. The van der Waals surface area contributed by atoms with Crippen LogP contribution in [0.2, 0.25) is 6.04 Å². The van der Waals surface area contributed by atoms with Crippen molar-refractivity contribution >= 4 is 34.1 Å². The summed E-state index contributed by atoms with van der Waals surface area (Å²) in [5.74, 6) is 1.79. The van der Waals surface area contributed by atoms with Gasteiger partial charge < -0.3 is 13.3 Å². The van der Waals surface area contributed by atoms with Gasteiger partial charge in [-0.1, -0.05) is 6.42 Å². The average molecular weight is 313 g/mol. The number of unbranched alkanes of at least 4 members (excludes halogenated alkanes) is 2. The Kier molecular flexibility index (Phi) is 13.4. The number of hydrogen-bond donors (Lipinski definition) is 2. The van der Waals surface area contributed by atoms with Crippen LogP contribution in [-0.4, -0.2) is 40.1 Å². The number of thiol groups is 2. The van der Waals surface area contributed by atoms with Crippen molar-refractivity contribution in [2.24, 2.45) is 0 Å². The molecule has 0 fully saturated rings. The second-order valence-electron chi connectivity index (χ2n) is 4.01. The van der Waals surface area contributed by atoms with E-state index < -0.39 is 8.80 Å². The van der Waals surface area contributed by atoms with Gasteiger partial charge in [0.2, 0.25) is 0 Å². The Morgan fingerprint density at radius 1 is 0.778 bits per heavy atom. The smallest absolute Gasteiger partial charge is 0.374 e. The molecule has 3 nitrogen and oxygen atoms in total. The lowest BCUT2D eigenvalue weighted by Crippen LogP contribution is -2.46. The first-order chi connectivity index (χ1) is 8.74. The fourth-order valence-corrected chi connectivity index (χ4v) is 5.00. The molecule has 0 rings (SSSR count). The van der Waals surface area contributed by atoms with E-state index >= 15 is 0 Å². The maximum absolute atomic E-state index is 5.99. The van der Waals surface area contributed by atoms with Crippen LogP contribution in [0.4, 0.5) is 0 Å². The van der Waals surface area contributed by atoms with Gasteiger partial charge in [0.1, 0.15) is 0 Å². The van der Waals surface area contributed by atoms with Crippen molar-refractivity contribution in [2.75, 3.05) is 31.3 Å². The highest BCUT2D eigenvalue weighted by Crippen LogP contribution is 2.19. The Labute approximate surface area is 124 Å². The van der Waals surface area contributed by atoms with Crippen LogP contribution in [0.15, 0.2) is 0 Å². The number of hydrogen-bond acceptors (Lipinski definition) is 5. The largest absolute Gasteiger partial charge is 0.500 e. The lowest BCUT2D eigenvalue weighted by molar-refractivity contribution is 0.0657. The first-order valence-electron chi connectivity index (χ1n) is 6.88. The van der Waals surface area contributed by atoms with Crippen LogP contribution in [0, 0.1) is 0 Å².